The third-order valence-electron chi connectivity index (χ3n) is 10.2. The number of halogens is 3. The number of alkyl halides is 1. The van der Waals surface area contributed by atoms with Crippen LogP contribution >= 0.6 is 0 Å². The number of aryl methyl sites for hydroxylation is 1. The lowest BCUT2D eigenvalue weighted by Gasteiger charge is -2.41. The Kier molecular flexibility index (Phi) is 7.36. The third kappa shape index (κ3) is 5.02. The van der Waals surface area contributed by atoms with Gasteiger partial charge in [-0.15, -0.1) is 0 Å². The molecule has 4 fully saturated rings. The summed E-state index contributed by atoms with van der Waals surface area (Å²) in [6.45, 7) is 4.00. The predicted molar refractivity (Wildman–Crippen MR) is 168 cm³/mol. The second-order valence-corrected chi connectivity index (χ2v) is 13.1. The highest BCUT2D eigenvalue weighted by atomic mass is 19.1. The van der Waals surface area contributed by atoms with Crippen LogP contribution < -0.4 is 15.0 Å². The van der Waals surface area contributed by atoms with Crippen LogP contribution in [0.4, 0.5) is 19.0 Å². The molecule has 2 aromatic carbocycles. The smallest absolute Gasteiger partial charge is 0.319 e. The first-order chi connectivity index (χ1) is 22.7. The largest absolute Gasteiger partial charge is 0.508 e. The number of phenols is 1. The first-order valence-electron chi connectivity index (χ1n) is 16.2. The van der Waals surface area contributed by atoms with Crippen LogP contribution in [-0.4, -0.2) is 94.1 Å². The van der Waals surface area contributed by atoms with Crippen molar-refractivity contribution in [2.75, 3.05) is 44.4 Å². The molecule has 4 aliphatic heterocycles. The van der Waals surface area contributed by atoms with Gasteiger partial charge in [-0.3, -0.25) is 14.7 Å². The molecule has 0 spiro atoms. The summed E-state index contributed by atoms with van der Waals surface area (Å²) in [5, 5.41) is 14.8. The van der Waals surface area contributed by atoms with Crippen LogP contribution in [0.5, 0.6) is 11.8 Å². The topological polar surface area (TPSA) is 113 Å². The van der Waals surface area contributed by atoms with Crippen LogP contribution in [0.2, 0.25) is 0 Å². The minimum atomic E-state index is -0.950. The molecular weight excluding hydrogens is 613 g/mol. The van der Waals surface area contributed by atoms with Gasteiger partial charge in [-0.25, -0.2) is 13.2 Å². The molecule has 4 aliphatic rings. The molecule has 0 radical (unpaired) electrons. The number of nitrogens with one attached hydrogen (secondary N) is 1. The van der Waals surface area contributed by atoms with Gasteiger partial charge in [0.2, 0.25) is 5.91 Å². The highest BCUT2D eigenvalue weighted by molar-refractivity contribution is 6.02. The summed E-state index contributed by atoms with van der Waals surface area (Å²) in [4.78, 5) is 30.6. The Morgan fingerprint density at radius 3 is 2.89 bits per heavy atom. The van der Waals surface area contributed by atoms with Crippen molar-refractivity contribution in [2.24, 2.45) is 0 Å². The zero-order chi connectivity index (χ0) is 32.4. The van der Waals surface area contributed by atoms with E-state index in [4.69, 9.17) is 14.5 Å². The first kappa shape index (κ1) is 30.1. The van der Waals surface area contributed by atoms with Gasteiger partial charge < -0.3 is 24.8 Å². The highest BCUT2D eigenvalue weighted by Crippen LogP contribution is 2.42. The van der Waals surface area contributed by atoms with E-state index in [1.807, 2.05) is 11.8 Å². The average Bonchev–Trinajstić information content (AvgIpc) is 3.55. The first-order valence-corrected chi connectivity index (χ1v) is 16.2. The van der Waals surface area contributed by atoms with Gasteiger partial charge in [-0.1, -0.05) is 13.0 Å². The van der Waals surface area contributed by atoms with Gasteiger partial charge in [0.25, 0.3) is 0 Å². The Morgan fingerprint density at radius 2 is 2.04 bits per heavy atom. The van der Waals surface area contributed by atoms with Gasteiger partial charge >= 0.3 is 6.01 Å². The van der Waals surface area contributed by atoms with Gasteiger partial charge in [0.15, 0.2) is 5.82 Å². The van der Waals surface area contributed by atoms with Gasteiger partial charge in [0.1, 0.15) is 41.4 Å². The minimum absolute atomic E-state index is 0.0703. The molecule has 6 heterocycles. The van der Waals surface area contributed by atoms with E-state index in [2.05, 4.69) is 20.2 Å². The fraction of sp³-hybridized carbons (Fsp3) is 0.471. The van der Waals surface area contributed by atoms with E-state index >= 15 is 4.39 Å². The monoisotopic (exact) mass is 648 g/mol. The lowest BCUT2D eigenvalue weighted by atomic mass is 9.94. The highest BCUT2D eigenvalue weighted by Gasteiger charge is 2.49. The van der Waals surface area contributed by atoms with Gasteiger partial charge in [0, 0.05) is 37.7 Å². The van der Waals surface area contributed by atoms with E-state index in [0.29, 0.717) is 60.1 Å². The van der Waals surface area contributed by atoms with Crippen molar-refractivity contribution >= 4 is 33.4 Å². The van der Waals surface area contributed by atoms with Crippen molar-refractivity contribution in [1.29, 1.82) is 0 Å². The molecule has 2 N–H and O–H groups in total. The van der Waals surface area contributed by atoms with E-state index < -0.39 is 23.3 Å². The number of morpholine rings is 1. The number of benzene rings is 2. The molecule has 8 rings (SSSR count). The standard InChI is InChI=1S/C34H35F3N6O4/c1-2-23-26(36)5-4-18-8-22(44)10-24(28(18)23)30-29(37)31-25(13-39-30)32(43-20-9-27(45)38-12-21(43)16-46-15-20)41-33(40-31)47-17-34-6-3-7-42(34)14-19(35)11-34/h4-5,8,10,13,19-21,44H,2-3,6-7,9,11-12,14-17H2,1H3,(H,38,45)/t19-,20?,21?,34+/m1/s1. The van der Waals surface area contributed by atoms with Gasteiger partial charge in [-0.2, -0.15) is 9.97 Å². The lowest BCUT2D eigenvalue weighted by Crippen LogP contribution is -2.54. The number of phenolic OH excluding ortho intramolecular Hbond substituents is 1. The van der Waals surface area contributed by atoms with E-state index in [1.165, 1.54) is 24.4 Å². The number of rotatable bonds is 6. The van der Waals surface area contributed by atoms with Gasteiger partial charge in [0.05, 0.1) is 36.2 Å². The number of amides is 1. The number of carbonyl (C=O) groups excluding carboxylic acids is 1. The Balaban J connectivity index is 1.30. The van der Waals surface area contributed by atoms with E-state index in [0.717, 1.165) is 19.4 Å². The summed E-state index contributed by atoms with van der Waals surface area (Å²) in [5.41, 5.74) is -0.0525. The number of hydrogen-bond acceptors (Lipinski definition) is 9. The van der Waals surface area contributed by atoms with Gasteiger partial charge in [-0.05, 0) is 60.3 Å². The molecule has 2 unspecified atom stereocenters. The van der Waals surface area contributed by atoms with Crippen molar-refractivity contribution in [1.82, 2.24) is 25.2 Å². The maximum absolute atomic E-state index is 17.0. The summed E-state index contributed by atoms with van der Waals surface area (Å²) in [6, 6.07) is 5.03. The Hall–Kier alpha value is -4.23. The van der Waals surface area contributed by atoms with Crippen molar-refractivity contribution < 1.29 is 32.5 Å². The second kappa shape index (κ2) is 11.5. The molecule has 4 aromatic rings. The van der Waals surface area contributed by atoms with Crippen molar-refractivity contribution in [3.63, 3.8) is 0 Å². The molecule has 2 aromatic heterocycles. The van der Waals surface area contributed by atoms with E-state index in [9.17, 15) is 18.7 Å². The molecule has 0 saturated carbocycles. The van der Waals surface area contributed by atoms with Crippen molar-refractivity contribution in [3.8, 4) is 23.0 Å². The number of pyridine rings is 1. The van der Waals surface area contributed by atoms with Crippen LogP contribution in [0.25, 0.3) is 32.9 Å². The number of aromatic nitrogens is 3. The molecule has 4 atom stereocenters. The number of ether oxygens (including phenoxy) is 2. The number of fused-ring (bicyclic) bond motifs is 5. The number of carbonyl (C=O) groups is 1. The lowest BCUT2D eigenvalue weighted by molar-refractivity contribution is -0.121. The molecule has 4 saturated heterocycles. The van der Waals surface area contributed by atoms with Crippen LogP contribution in [0.3, 0.4) is 0 Å². The number of hydrogen-bond donors (Lipinski definition) is 2. The number of aromatic hydroxyl groups is 1. The van der Waals surface area contributed by atoms with Crippen LogP contribution in [0, 0.1) is 11.6 Å². The molecule has 10 nitrogen and oxygen atoms in total. The number of anilines is 1. The van der Waals surface area contributed by atoms with Crippen LogP contribution in [-0.2, 0) is 16.0 Å². The fourth-order valence-corrected chi connectivity index (χ4v) is 8.13. The molecular formula is C34H35F3N6O4. The zero-order valence-electron chi connectivity index (χ0n) is 25.9. The molecule has 246 valence electrons. The van der Waals surface area contributed by atoms with Crippen molar-refractivity contribution in [3.05, 3.63) is 47.7 Å². The summed E-state index contributed by atoms with van der Waals surface area (Å²) >= 11 is 0. The number of nitrogens with zero attached hydrogens (tertiary/aromatic N) is 5. The second-order valence-electron chi connectivity index (χ2n) is 13.1. The summed E-state index contributed by atoms with van der Waals surface area (Å²) < 4.78 is 58.6. The zero-order valence-corrected chi connectivity index (χ0v) is 25.9. The normalized spacial score (nSPS) is 26.1. The summed E-state index contributed by atoms with van der Waals surface area (Å²) in [5.74, 6) is -1.10. The SMILES string of the molecule is CCc1c(F)ccc2cc(O)cc(-c3ncc4c(N5C6CNC(=O)CC5COC6)nc(OC[C@@]56CCCN5C[C@H](F)C6)nc4c3F)c12. The maximum atomic E-state index is 17.0. The molecule has 47 heavy (non-hydrogen) atoms. The Bertz CT molecular complexity index is 1910. The quantitative estimate of drug-likeness (QED) is 0.314. The third-order valence-corrected chi connectivity index (χ3v) is 10.2. The van der Waals surface area contributed by atoms with E-state index in [-0.39, 0.29) is 66.2 Å². The molecule has 13 heteroatoms. The fourth-order valence-electron chi connectivity index (χ4n) is 8.13. The van der Waals surface area contributed by atoms with Crippen LogP contribution in [0.15, 0.2) is 30.5 Å². The summed E-state index contributed by atoms with van der Waals surface area (Å²) in [6.07, 6.45) is 3.08. The summed E-state index contributed by atoms with van der Waals surface area (Å²) in [7, 11) is 0. The Labute approximate surface area is 268 Å². The van der Waals surface area contributed by atoms with Crippen LogP contribution in [0.1, 0.15) is 38.2 Å². The molecule has 1 amide bonds. The van der Waals surface area contributed by atoms with Crippen molar-refractivity contribution in [2.45, 2.75) is 62.8 Å². The van der Waals surface area contributed by atoms with E-state index in [1.54, 1.807) is 6.07 Å². The maximum Gasteiger partial charge on any atom is 0.319 e. The molecule has 0 aliphatic carbocycles. The molecule has 2 bridgehead atoms. The minimum Gasteiger partial charge on any atom is -0.508 e. The Morgan fingerprint density at radius 1 is 1.19 bits per heavy atom. The average molecular weight is 649 g/mol. The predicted octanol–water partition coefficient (Wildman–Crippen LogP) is 4.44.